The molecule has 0 aliphatic rings. The van der Waals surface area contributed by atoms with Gasteiger partial charge >= 0.3 is 0 Å². The number of hydrogen-bond donors (Lipinski definition) is 1. The van der Waals surface area contributed by atoms with E-state index in [1.54, 1.807) is 18.0 Å². The van der Waals surface area contributed by atoms with Gasteiger partial charge < -0.3 is 4.90 Å². The van der Waals surface area contributed by atoms with Gasteiger partial charge in [-0.3, -0.25) is 4.79 Å². The highest BCUT2D eigenvalue weighted by Gasteiger charge is 2.15. The third kappa shape index (κ3) is 2.76. The zero-order valence-electron chi connectivity index (χ0n) is 10.6. The lowest BCUT2D eigenvalue weighted by Crippen LogP contribution is -2.25. The van der Waals surface area contributed by atoms with Gasteiger partial charge in [0.2, 0.25) is 0 Å². The summed E-state index contributed by atoms with van der Waals surface area (Å²) in [6.45, 7) is 4.07. The highest BCUT2D eigenvalue weighted by molar-refractivity contribution is 7.80. The minimum Gasteiger partial charge on any atom is -0.311 e. The molecule has 0 N–H and O–H groups in total. The SMILES string of the molecule is Cc1cc(C)cc(N(C)C(=O)c2cc(S)cs2)c1. The maximum Gasteiger partial charge on any atom is 0.268 e. The van der Waals surface area contributed by atoms with Crippen LogP contribution in [0.3, 0.4) is 0 Å². The predicted molar refractivity (Wildman–Crippen MR) is 80.2 cm³/mol. The zero-order valence-corrected chi connectivity index (χ0v) is 12.3. The number of rotatable bonds is 2. The molecule has 0 unspecified atom stereocenters. The number of benzene rings is 1. The molecule has 1 heterocycles. The Labute approximate surface area is 117 Å². The topological polar surface area (TPSA) is 20.3 Å². The van der Waals surface area contributed by atoms with Crippen LogP contribution in [0.15, 0.2) is 34.5 Å². The second kappa shape index (κ2) is 5.16. The summed E-state index contributed by atoms with van der Waals surface area (Å²) in [4.78, 5) is 15.5. The lowest BCUT2D eigenvalue weighted by atomic mass is 10.1. The van der Waals surface area contributed by atoms with E-state index in [0.29, 0.717) is 4.88 Å². The molecule has 2 nitrogen and oxygen atoms in total. The van der Waals surface area contributed by atoms with Crippen molar-refractivity contribution in [1.82, 2.24) is 0 Å². The molecule has 0 fully saturated rings. The number of nitrogens with zero attached hydrogens (tertiary/aromatic N) is 1. The third-order valence-corrected chi connectivity index (χ3v) is 4.05. The summed E-state index contributed by atoms with van der Waals surface area (Å²) in [6, 6.07) is 7.92. The van der Waals surface area contributed by atoms with E-state index in [0.717, 1.165) is 21.7 Å². The van der Waals surface area contributed by atoms with E-state index < -0.39 is 0 Å². The fourth-order valence-corrected chi connectivity index (χ4v) is 2.99. The lowest BCUT2D eigenvalue weighted by molar-refractivity contribution is 0.0997. The normalized spacial score (nSPS) is 10.4. The molecular formula is C14H15NOS2. The highest BCUT2D eigenvalue weighted by atomic mass is 32.1. The Kier molecular flexibility index (Phi) is 3.78. The van der Waals surface area contributed by atoms with Gasteiger partial charge in [0, 0.05) is 23.0 Å². The largest absolute Gasteiger partial charge is 0.311 e. The minimum absolute atomic E-state index is 0.00491. The highest BCUT2D eigenvalue weighted by Crippen LogP contribution is 2.23. The van der Waals surface area contributed by atoms with Crippen LogP contribution in [0.5, 0.6) is 0 Å². The van der Waals surface area contributed by atoms with Gasteiger partial charge in [0.05, 0.1) is 4.88 Å². The van der Waals surface area contributed by atoms with Crippen LogP contribution in [0.2, 0.25) is 0 Å². The maximum atomic E-state index is 12.3. The van der Waals surface area contributed by atoms with Gasteiger partial charge in [0.1, 0.15) is 0 Å². The maximum absolute atomic E-state index is 12.3. The number of hydrogen-bond acceptors (Lipinski definition) is 3. The Balaban J connectivity index is 2.30. The lowest BCUT2D eigenvalue weighted by Gasteiger charge is -2.17. The van der Waals surface area contributed by atoms with Gasteiger partial charge in [-0.25, -0.2) is 0 Å². The van der Waals surface area contributed by atoms with Gasteiger partial charge in [-0.2, -0.15) is 0 Å². The molecular weight excluding hydrogens is 262 g/mol. The van der Waals surface area contributed by atoms with E-state index >= 15 is 0 Å². The van der Waals surface area contributed by atoms with Crippen LogP contribution in [0.1, 0.15) is 20.8 Å². The Morgan fingerprint density at radius 3 is 2.28 bits per heavy atom. The molecule has 0 saturated heterocycles. The molecule has 0 spiro atoms. The Hall–Kier alpha value is -1.26. The molecule has 0 atom stereocenters. The fraction of sp³-hybridized carbons (Fsp3) is 0.214. The van der Waals surface area contributed by atoms with Gasteiger partial charge in [-0.15, -0.1) is 24.0 Å². The first-order valence-corrected chi connectivity index (χ1v) is 6.94. The number of aryl methyl sites for hydroxylation is 2. The fourth-order valence-electron chi connectivity index (χ4n) is 1.87. The standard InChI is InChI=1S/C14H15NOS2/c1-9-4-10(2)6-11(5-9)15(3)14(16)13-7-12(17)8-18-13/h4-8,17H,1-3H3. The summed E-state index contributed by atoms with van der Waals surface area (Å²) in [6.07, 6.45) is 0. The van der Waals surface area contributed by atoms with Crippen LogP contribution in [0, 0.1) is 13.8 Å². The third-order valence-electron chi connectivity index (χ3n) is 2.69. The van der Waals surface area contributed by atoms with Gasteiger partial charge in [-0.1, -0.05) is 6.07 Å². The second-order valence-electron chi connectivity index (χ2n) is 4.38. The van der Waals surface area contributed by atoms with Gasteiger partial charge in [0.25, 0.3) is 5.91 Å². The van der Waals surface area contributed by atoms with Crippen LogP contribution in [0.25, 0.3) is 0 Å². The molecule has 0 saturated carbocycles. The number of thiol groups is 1. The van der Waals surface area contributed by atoms with E-state index in [1.807, 2.05) is 31.4 Å². The van der Waals surface area contributed by atoms with E-state index in [4.69, 9.17) is 0 Å². The Morgan fingerprint density at radius 2 is 1.78 bits per heavy atom. The second-order valence-corrected chi connectivity index (χ2v) is 5.81. The summed E-state index contributed by atoms with van der Waals surface area (Å²) in [7, 11) is 1.80. The van der Waals surface area contributed by atoms with Crippen molar-refractivity contribution in [3.63, 3.8) is 0 Å². The molecule has 18 heavy (non-hydrogen) atoms. The molecule has 1 amide bonds. The zero-order chi connectivity index (χ0) is 13.3. The molecule has 1 aromatic heterocycles. The van der Waals surface area contributed by atoms with E-state index in [-0.39, 0.29) is 5.91 Å². The number of thiophene rings is 1. The summed E-state index contributed by atoms with van der Waals surface area (Å²) < 4.78 is 0. The summed E-state index contributed by atoms with van der Waals surface area (Å²) in [5.74, 6) is 0.00491. The Morgan fingerprint density at radius 1 is 1.17 bits per heavy atom. The first-order chi connectivity index (χ1) is 8.47. The van der Waals surface area contributed by atoms with Crippen LogP contribution in [-0.2, 0) is 0 Å². The van der Waals surface area contributed by atoms with E-state index in [9.17, 15) is 4.79 Å². The molecule has 0 radical (unpaired) electrons. The average molecular weight is 277 g/mol. The Bertz CT molecular complexity index is 569. The predicted octanol–water partition coefficient (Wildman–Crippen LogP) is 3.93. The quantitative estimate of drug-likeness (QED) is 0.825. The molecule has 0 aliphatic carbocycles. The minimum atomic E-state index is 0.00491. The van der Waals surface area contributed by atoms with Crippen LogP contribution in [0.4, 0.5) is 5.69 Å². The van der Waals surface area contributed by atoms with Crippen molar-refractivity contribution in [3.8, 4) is 0 Å². The first-order valence-electron chi connectivity index (χ1n) is 5.61. The molecule has 2 aromatic rings. The van der Waals surface area contributed by atoms with Gasteiger partial charge in [0.15, 0.2) is 0 Å². The number of anilines is 1. The van der Waals surface area contributed by atoms with Crippen LogP contribution in [-0.4, -0.2) is 13.0 Å². The first kappa shape index (κ1) is 13.2. The van der Waals surface area contributed by atoms with E-state index in [1.165, 1.54) is 11.3 Å². The molecule has 2 rings (SSSR count). The summed E-state index contributed by atoms with van der Waals surface area (Å²) in [5, 5.41) is 1.87. The molecule has 0 bridgehead atoms. The monoisotopic (exact) mass is 277 g/mol. The molecule has 1 aromatic carbocycles. The number of carbonyl (C=O) groups excluding carboxylic acids is 1. The number of amides is 1. The van der Waals surface area contributed by atoms with Crippen molar-refractivity contribution in [2.45, 2.75) is 18.7 Å². The molecule has 0 aliphatic heterocycles. The number of carbonyl (C=O) groups is 1. The van der Waals surface area contributed by atoms with Crippen molar-refractivity contribution in [1.29, 1.82) is 0 Å². The smallest absolute Gasteiger partial charge is 0.268 e. The van der Waals surface area contributed by atoms with Crippen molar-refractivity contribution < 1.29 is 4.79 Å². The summed E-state index contributed by atoms with van der Waals surface area (Å²) in [5.41, 5.74) is 3.24. The van der Waals surface area contributed by atoms with Gasteiger partial charge in [-0.05, 0) is 43.2 Å². The van der Waals surface area contributed by atoms with Crippen molar-refractivity contribution in [3.05, 3.63) is 45.6 Å². The van der Waals surface area contributed by atoms with Crippen molar-refractivity contribution >= 4 is 35.6 Å². The van der Waals surface area contributed by atoms with Crippen molar-refractivity contribution in [2.75, 3.05) is 11.9 Å². The molecule has 4 heteroatoms. The van der Waals surface area contributed by atoms with Crippen LogP contribution < -0.4 is 4.90 Å². The molecule has 94 valence electrons. The van der Waals surface area contributed by atoms with E-state index in [2.05, 4.69) is 18.7 Å². The summed E-state index contributed by atoms with van der Waals surface area (Å²) >= 11 is 5.65. The average Bonchev–Trinajstić information content (AvgIpc) is 2.72. The van der Waals surface area contributed by atoms with Crippen molar-refractivity contribution in [2.24, 2.45) is 0 Å². The van der Waals surface area contributed by atoms with Crippen LogP contribution >= 0.6 is 24.0 Å².